The number of benzene rings is 3. The van der Waals surface area contributed by atoms with Crippen LogP contribution in [0, 0.1) is 0 Å². The van der Waals surface area contributed by atoms with Gasteiger partial charge in [0.15, 0.2) is 0 Å². The maximum absolute atomic E-state index is 9.66. The standard InChI is InChI=1S/C23H22O3.C7H16N2.C3H8/c24-16-4-7-22(17-5-2-1-3-6-17)23(18-8-12-20(25)13-9-18)19-10-14-21(26)15-11-19;1-3-9-6-4-8(2)5-7-9;1-3-2/h1-3,5-6,8-15,24-26H,4,7,16H2;3-7H2,1-2H3;3H2,1-2H3. The molecule has 5 nitrogen and oxygen atoms in total. The van der Waals surface area contributed by atoms with Crippen LogP contribution in [0.1, 0.15) is 56.7 Å². The molecule has 1 saturated heterocycles. The fraction of sp³-hybridized carbons (Fsp3) is 0.394. The molecule has 0 atom stereocenters. The minimum absolute atomic E-state index is 0.120. The van der Waals surface area contributed by atoms with E-state index in [0.29, 0.717) is 6.42 Å². The molecule has 1 fully saturated rings. The van der Waals surface area contributed by atoms with Crippen LogP contribution in [0.5, 0.6) is 11.5 Å². The van der Waals surface area contributed by atoms with Crippen molar-refractivity contribution in [2.45, 2.75) is 40.0 Å². The summed E-state index contributed by atoms with van der Waals surface area (Å²) in [5.74, 6) is 0.436. The lowest BCUT2D eigenvalue weighted by molar-refractivity contribution is 0.160. The zero-order valence-corrected chi connectivity index (χ0v) is 23.6. The zero-order chi connectivity index (χ0) is 27.8. The van der Waals surface area contributed by atoms with Crippen LogP contribution in [0.25, 0.3) is 11.1 Å². The van der Waals surface area contributed by atoms with Crippen molar-refractivity contribution in [3.8, 4) is 11.5 Å². The molecule has 0 bridgehead atoms. The Morgan fingerprint density at radius 3 is 1.58 bits per heavy atom. The van der Waals surface area contributed by atoms with Gasteiger partial charge in [-0.3, -0.25) is 0 Å². The van der Waals surface area contributed by atoms with E-state index in [2.05, 4.69) is 49.8 Å². The third-order valence-corrected chi connectivity index (χ3v) is 6.36. The van der Waals surface area contributed by atoms with Crippen molar-refractivity contribution in [1.29, 1.82) is 0 Å². The Balaban J connectivity index is 0.000000351. The van der Waals surface area contributed by atoms with Gasteiger partial charge in [-0.25, -0.2) is 0 Å². The molecule has 1 aliphatic rings. The first-order chi connectivity index (χ1) is 18.4. The normalized spacial score (nSPS) is 13.5. The van der Waals surface area contributed by atoms with E-state index in [1.807, 2.05) is 42.5 Å². The molecule has 1 heterocycles. The zero-order valence-electron chi connectivity index (χ0n) is 23.6. The highest BCUT2D eigenvalue weighted by Gasteiger charge is 2.14. The number of allylic oxidation sites excluding steroid dienone is 1. The summed E-state index contributed by atoms with van der Waals surface area (Å²) in [6.07, 6.45) is 2.63. The van der Waals surface area contributed by atoms with E-state index in [4.69, 9.17) is 0 Å². The van der Waals surface area contributed by atoms with Gasteiger partial charge in [0, 0.05) is 32.8 Å². The number of aliphatic hydroxyl groups excluding tert-OH is 1. The summed E-state index contributed by atoms with van der Waals surface area (Å²) >= 11 is 0. The third-order valence-electron chi connectivity index (χ3n) is 6.36. The Morgan fingerprint density at radius 2 is 1.16 bits per heavy atom. The molecule has 206 valence electrons. The average Bonchev–Trinajstić information content (AvgIpc) is 2.94. The second-order valence-electron chi connectivity index (χ2n) is 9.59. The number of hydrogen-bond acceptors (Lipinski definition) is 5. The van der Waals surface area contributed by atoms with Crippen molar-refractivity contribution in [2.24, 2.45) is 0 Å². The highest BCUT2D eigenvalue weighted by Crippen LogP contribution is 2.36. The average molecular weight is 519 g/mol. The van der Waals surface area contributed by atoms with Gasteiger partial charge < -0.3 is 25.1 Å². The summed E-state index contributed by atoms with van der Waals surface area (Å²) in [6, 6.07) is 24.3. The Kier molecular flexibility index (Phi) is 14.2. The Morgan fingerprint density at radius 1 is 0.684 bits per heavy atom. The van der Waals surface area contributed by atoms with Gasteiger partial charge >= 0.3 is 0 Å². The smallest absolute Gasteiger partial charge is 0.115 e. The molecule has 0 aromatic heterocycles. The predicted octanol–water partition coefficient (Wildman–Crippen LogP) is 6.50. The molecule has 3 aromatic rings. The quantitative estimate of drug-likeness (QED) is 0.312. The van der Waals surface area contributed by atoms with Gasteiger partial charge in [-0.2, -0.15) is 0 Å². The minimum Gasteiger partial charge on any atom is -0.508 e. The highest BCUT2D eigenvalue weighted by atomic mass is 16.3. The molecular formula is C33H46N2O3. The van der Waals surface area contributed by atoms with Gasteiger partial charge in [-0.15, -0.1) is 0 Å². The molecule has 0 unspecified atom stereocenters. The van der Waals surface area contributed by atoms with Gasteiger partial charge in [0.1, 0.15) is 11.5 Å². The van der Waals surface area contributed by atoms with Crippen molar-refractivity contribution >= 4 is 11.1 Å². The molecule has 38 heavy (non-hydrogen) atoms. The van der Waals surface area contributed by atoms with Crippen LogP contribution in [-0.2, 0) is 0 Å². The topological polar surface area (TPSA) is 67.2 Å². The van der Waals surface area contributed by atoms with Crippen LogP contribution in [0.3, 0.4) is 0 Å². The second kappa shape index (κ2) is 17.4. The number of rotatable bonds is 7. The number of phenols is 2. The number of hydrogen-bond donors (Lipinski definition) is 3. The van der Waals surface area contributed by atoms with E-state index < -0.39 is 0 Å². The molecule has 0 amide bonds. The SMILES string of the molecule is CCC.CCN1CCN(C)CC1.OCCCC(=C(c1ccc(O)cc1)c1ccc(O)cc1)c1ccccc1. The molecule has 4 rings (SSSR count). The van der Waals surface area contributed by atoms with Gasteiger partial charge in [-0.05, 0) is 78.5 Å². The molecule has 0 radical (unpaired) electrons. The van der Waals surface area contributed by atoms with Gasteiger partial charge in [-0.1, -0.05) is 81.8 Å². The number of nitrogens with zero attached hydrogens (tertiary/aromatic N) is 2. The first-order valence-corrected chi connectivity index (χ1v) is 13.8. The summed E-state index contributed by atoms with van der Waals surface area (Å²) in [5, 5.41) is 28.7. The van der Waals surface area contributed by atoms with Crippen molar-refractivity contribution in [2.75, 3.05) is 46.4 Å². The van der Waals surface area contributed by atoms with Crippen LogP contribution in [0.4, 0.5) is 0 Å². The first-order valence-electron chi connectivity index (χ1n) is 13.8. The summed E-state index contributed by atoms with van der Waals surface area (Å²) < 4.78 is 0. The molecular weight excluding hydrogens is 472 g/mol. The van der Waals surface area contributed by atoms with Crippen LogP contribution in [0.2, 0.25) is 0 Å². The first kappa shape index (κ1) is 31.1. The van der Waals surface area contributed by atoms with Crippen LogP contribution >= 0.6 is 0 Å². The highest BCUT2D eigenvalue weighted by molar-refractivity contribution is 5.98. The van der Waals surface area contributed by atoms with Crippen molar-refractivity contribution < 1.29 is 15.3 Å². The monoisotopic (exact) mass is 518 g/mol. The number of phenolic OH excluding ortho intramolecular Hbond substituents is 2. The Hall–Kier alpha value is -3.12. The largest absolute Gasteiger partial charge is 0.508 e. The molecule has 3 aromatic carbocycles. The molecule has 0 aliphatic carbocycles. The third kappa shape index (κ3) is 10.3. The van der Waals surface area contributed by atoms with Crippen LogP contribution in [-0.4, -0.2) is 71.5 Å². The maximum atomic E-state index is 9.66. The molecule has 3 N–H and O–H groups in total. The van der Waals surface area contributed by atoms with Crippen LogP contribution < -0.4 is 0 Å². The van der Waals surface area contributed by atoms with Crippen LogP contribution in [0.15, 0.2) is 78.9 Å². The fourth-order valence-electron chi connectivity index (χ4n) is 4.24. The number of aliphatic hydroxyl groups is 1. The van der Waals surface area contributed by atoms with E-state index >= 15 is 0 Å². The van der Waals surface area contributed by atoms with Crippen molar-refractivity contribution in [3.05, 3.63) is 95.6 Å². The predicted molar refractivity (Wildman–Crippen MR) is 160 cm³/mol. The molecule has 5 heteroatoms. The van der Waals surface area contributed by atoms with Crippen molar-refractivity contribution in [3.63, 3.8) is 0 Å². The Labute approximate surface area is 229 Å². The summed E-state index contributed by atoms with van der Waals surface area (Å²) in [4.78, 5) is 4.87. The number of aromatic hydroxyl groups is 2. The van der Waals surface area contributed by atoms with Crippen molar-refractivity contribution in [1.82, 2.24) is 9.80 Å². The fourth-order valence-corrected chi connectivity index (χ4v) is 4.24. The maximum Gasteiger partial charge on any atom is 0.115 e. The van der Waals surface area contributed by atoms with Gasteiger partial charge in [0.05, 0.1) is 0 Å². The van der Waals surface area contributed by atoms with E-state index in [-0.39, 0.29) is 18.1 Å². The van der Waals surface area contributed by atoms with Gasteiger partial charge in [0.2, 0.25) is 0 Å². The number of piperazine rings is 1. The van der Waals surface area contributed by atoms with E-state index in [0.717, 1.165) is 34.3 Å². The summed E-state index contributed by atoms with van der Waals surface area (Å²) in [5.41, 5.74) is 5.20. The molecule has 0 spiro atoms. The number of likely N-dealkylation sites (N-methyl/N-ethyl adjacent to an activating group) is 2. The van der Waals surface area contributed by atoms with Gasteiger partial charge in [0.25, 0.3) is 0 Å². The Bertz CT molecular complexity index is 1010. The van der Waals surface area contributed by atoms with E-state index in [9.17, 15) is 15.3 Å². The second-order valence-corrected chi connectivity index (χ2v) is 9.59. The lowest BCUT2D eigenvalue weighted by Gasteiger charge is -2.31. The molecule has 0 saturated carbocycles. The molecule has 1 aliphatic heterocycles. The van der Waals surface area contributed by atoms with E-state index in [1.165, 1.54) is 39.1 Å². The lowest BCUT2D eigenvalue weighted by Crippen LogP contribution is -2.44. The summed E-state index contributed by atoms with van der Waals surface area (Å²) in [6.45, 7) is 12.8. The summed E-state index contributed by atoms with van der Waals surface area (Å²) in [7, 11) is 2.19. The minimum atomic E-state index is 0.120. The lowest BCUT2D eigenvalue weighted by atomic mass is 9.87. The van der Waals surface area contributed by atoms with E-state index in [1.54, 1.807) is 24.3 Å².